The average molecular weight is 377 g/mol. The first-order chi connectivity index (χ1) is 13.5. The molecule has 0 unspecified atom stereocenters. The Kier molecular flexibility index (Phi) is 4.05. The maximum atomic E-state index is 13.0. The van der Waals surface area contributed by atoms with E-state index >= 15 is 0 Å². The summed E-state index contributed by atoms with van der Waals surface area (Å²) in [5.74, 6) is 0.976. The zero-order chi connectivity index (χ0) is 19.4. The first-order valence-electron chi connectivity index (χ1n) is 10.2. The minimum absolute atomic E-state index is 0.0675. The van der Waals surface area contributed by atoms with Crippen LogP contribution in [0.1, 0.15) is 55.1 Å². The van der Waals surface area contributed by atoms with Crippen molar-refractivity contribution in [2.24, 2.45) is 22.7 Å². The van der Waals surface area contributed by atoms with Crippen LogP contribution < -0.4 is 5.32 Å². The normalized spacial score (nSPS) is 35.4. The molecule has 1 aromatic heterocycles. The van der Waals surface area contributed by atoms with E-state index in [1.54, 1.807) is 12.4 Å². The third-order valence-corrected chi connectivity index (χ3v) is 7.73. The van der Waals surface area contributed by atoms with Crippen molar-refractivity contribution in [2.75, 3.05) is 6.61 Å². The Hall–Kier alpha value is -2.27. The lowest BCUT2D eigenvalue weighted by molar-refractivity contribution is -0.120. The topological polar surface area (TPSA) is 64.1 Å². The van der Waals surface area contributed by atoms with Gasteiger partial charge in [0.2, 0.25) is 0 Å². The van der Waals surface area contributed by atoms with E-state index in [-0.39, 0.29) is 28.9 Å². The molecule has 5 heteroatoms. The number of hydrogen-bond donors (Lipinski definition) is 1. The monoisotopic (exact) mass is 377 g/mol. The van der Waals surface area contributed by atoms with Crippen LogP contribution in [-0.2, 0) is 4.74 Å². The second-order valence-electron chi connectivity index (χ2n) is 9.28. The average Bonchev–Trinajstić information content (AvgIpc) is 3.21. The van der Waals surface area contributed by atoms with Crippen molar-refractivity contribution in [2.45, 2.75) is 45.3 Å². The van der Waals surface area contributed by atoms with Gasteiger partial charge in [0.05, 0.1) is 11.7 Å². The summed E-state index contributed by atoms with van der Waals surface area (Å²) in [5, 5.41) is 3.40. The number of fused-ring (bicyclic) bond motifs is 1. The first kappa shape index (κ1) is 17.8. The standard InChI is InChI=1S/C23H27N3O2/c1-22(2)17-10-18-19(15-6-4-3-5-7-15)28-9-8-23(18,11-17)21(22)26-20(27)16-12-24-14-25-13-16/h3-7,12-14,17-19,21H,8-11H2,1-2H3,(H,26,27)/t17-,18-,19-,21+,23-/m1/s1. The highest BCUT2D eigenvalue weighted by molar-refractivity contribution is 5.93. The van der Waals surface area contributed by atoms with E-state index in [0.29, 0.717) is 17.4 Å². The van der Waals surface area contributed by atoms with Gasteiger partial charge in [-0.15, -0.1) is 0 Å². The van der Waals surface area contributed by atoms with Gasteiger partial charge in [0.25, 0.3) is 5.91 Å². The van der Waals surface area contributed by atoms with Gasteiger partial charge in [0.15, 0.2) is 0 Å². The van der Waals surface area contributed by atoms with Crippen LogP contribution in [0.3, 0.4) is 0 Å². The van der Waals surface area contributed by atoms with Gasteiger partial charge in [0, 0.05) is 25.0 Å². The number of carbonyl (C=O) groups excluding carboxylic acids is 1. The Morgan fingerprint density at radius 1 is 1.18 bits per heavy atom. The highest BCUT2D eigenvalue weighted by atomic mass is 16.5. The Morgan fingerprint density at radius 2 is 1.93 bits per heavy atom. The van der Waals surface area contributed by atoms with Gasteiger partial charge in [-0.3, -0.25) is 4.79 Å². The second kappa shape index (κ2) is 6.38. The summed E-state index contributed by atoms with van der Waals surface area (Å²) in [6, 6.07) is 10.7. The van der Waals surface area contributed by atoms with Crippen LogP contribution in [-0.4, -0.2) is 28.5 Å². The zero-order valence-electron chi connectivity index (χ0n) is 16.5. The Bertz CT molecular complexity index is 870. The molecule has 3 aliphatic rings. The van der Waals surface area contributed by atoms with Gasteiger partial charge in [-0.05, 0) is 47.5 Å². The van der Waals surface area contributed by atoms with Crippen molar-refractivity contribution in [1.29, 1.82) is 0 Å². The highest BCUT2D eigenvalue weighted by Crippen LogP contribution is 2.70. The predicted molar refractivity (Wildman–Crippen MR) is 105 cm³/mol. The molecule has 2 heterocycles. The van der Waals surface area contributed by atoms with Crippen molar-refractivity contribution in [1.82, 2.24) is 15.3 Å². The van der Waals surface area contributed by atoms with Crippen molar-refractivity contribution in [3.8, 4) is 0 Å². The molecule has 5 atom stereocenters. The van der Waals surface area contributed by atoms with Crippen LogP contribution in [0.2, 0.25) is 0 Å². The molecule has 1 amide bonds. The van der Waals surface area contributed by atoms with Crippen molar-refractivity contribution >= 4 is 5.91 Å². The number of amides is 1. The fraction of sp³-hybridized carbons (Fsp3) is 0.522. The van der Waals surface area contributed by atoms with E-state index in [9.17, 15) is 4.79 Å². The molecule has 146 valence electrons. The molecule has 3 fully saturated rings. The van der Waals surface area contributed by atoms with E-state index < -0.39 is 0 Å². The fourth-order valence-electron chi connectivity index (χ4n) is 6.39. The Balaban J connectivity index is 1.48. The lowest BCUT2D eigenvalue weighted by atomic mass is 9.59. The van der Waals surface area contributed by atoms with Gasteiger partial charge in [-0.1, -0.05) is 44.2 Å². The number of hydrogen-bond acceptors (Lipinski definition) is 4. The maximum absolute atomic E-state index is 13.0. The Labute approximate surface area is 165 Å². The van der Waals surface area contributed by atoms with Crippen LogP contribution in [0.4, 0.5) is 0 Å². The van der Waals surface area contributed by atoms with E-state index in [0.717, 1.165) is 13.0 Å². The van der Waals surface area contributed by atoms with E-state index in [4.69, 9.17) is 4.74 Å². The quantitative estimate of drug-likeness (QED) is 0.884. The smallest absolute Gasteiger partial charge is 0.254 e. The molecule has 1 saturated heterocycles. The van der Waals surface area contributed by atoms with Gasteiger partial charge in [-0.25, -0.2) is 9.97 Å². The maximum Gasteiger partial charge on any atom is 0.254 e. The minimum Gasteiger partial charge on any atom is -0.373 e. The molecule has 2 saturated carbocycles. The van der Waals surface area contributed by atoms with Crippen molar-refractivity contribution in [3.05, 3.63) is 60.2 Å². The molecule has 1 spiro atoms. The summed E-state index contributed by atoms with van der Waals surface area (Å²) < 4.78 is 6.30. The van der Waals surface area contributed by atoms with E-state index in [1.165, 1.54) is 24.7 Å². The van der Waals surface area contributed by atoms with Crippen LogP contribution in [0.25, 0.3) is 0 Å². The van der Waals surface area contributed by atoms with Gasteiger partial charge in [0.1, 0.15) is 6.33 Å². The molecule has 2 bridgehead atoms. The van der Waals surface area contributed by atoms with Gasteiger partial charge >= 0.3 is 0 Å². The Morgan fingerprint density at radius 3 is 2.68 bits per heavy atom. The van der Waals surface area contributed by atoms with E-state index in [2.05, 4.69) is 59.5 Å². The predicted octanol–water partition coefficient (Wildman–Crippen LogP) is 3.79. The minimum atomic E-state index is -0.0675. The molecular weight excluding hydrogens is 350 g/mol. The van der Waals surface area contributed by atoms with Gasteiger partial charge < -0.3 is 10.1 Å². The highest BCUT2D eigenvalue weighted by Gasteiger charge is 2.68. The lowest BCUT2D eigenvalue weighted by Crippen LogP contribution is -2.58. The summed E-state index contributed by atoms with van der Waals surface area (Å²) in [6.45, 7) is 5.39. The van der Waals surface area contributed by atoms with Gasteiger partial charge in [-0.2, -0.15) is 0 Å². The summed E-state index contributed by atoms with van der Waals surface area (Å²) in [5.41, 5.74) is 1.96. The zero-order valence-corrected chi connectivity index (χ0v) is 16.5. The van der Waals surface area contributed by atoms with Crippen molar-refractivity contribution in [3.63, 3.8) is 0 Å². The number of nitrogens with one attached hydrogen (secondary N) is 1. The number of ether oxygens (including phenoxy) is 1. The lowest BCUT2D eigenvalue weighted by Gasteiger charge is -2.53. The fourth-order valence-corrected chi connectivity index (χ4v) is 6.39. The number of carbonyl (C=O) groups is 1. The molecule has 2 aliphatic carbocycles. The SMILES string of the molecule is CC1(C)[C@@H]2C[C@@H]3[C@@H](c4ccccc4)OCC[C@]3(C2)[C@H]1NC(=O)c1cncnc1. The molecule has 5 rings (SSSR count). The largest absolute Gasteiger partial charge is 0.373 e. The molecular formula is C23H27N3O2. The number of rotatable bonds is 3. The summed E-state index contributed by atoms with van der Waals surface area (Å²) in [4.78, 5) is 21.0. The third-order valence-electron chi connectivity index (χ3n) is 7.73. The molecule has 0 radical (unpaired) electrons. The third kappa shape index (κ3) is 2.52. The van der Waals surface area contributed by atoms with Crippen LogP contribution in [0.5, 0.6) is 0 Å². The van der Waals surface area contributed by atoms with Crippen LogP contribution in [0, 0.1) is 22.7 Å². The van der Waals surface area contributed by atoms with E-state index in [1.807, 2.05) is 0 Å². The summed E-state index contributed by atoms with van der Waals surface area (Å²) in [7, 11) is 0. The van der Waals surface area contributed by atoms with Crippen molar-refractivity contribution < 1.29 is 9.53 Å². The van der Waals surface area contributed by atoms with Crippen LogP contribution >= 0.6 is 0 Å². The molecule has 1 aliphatic heterocycles. The second-order valence-corrected chi connectivity index (χ2v) is 9.28. The molecule has 5 nitrogen and oxygen atoms in total. The number of benzene rings is 1. The first-order valence-corrected chi connectivity index (χ1v) is 10.2. The molecule has 1 aromatic carbocycles. The summed E-state index contributed by atoms with van der Waals surface area (Å²) in [6.07, 6.45) is 8.12. The summed E-state index contributed by atoms with van der Waals surface area (Å²) >= 11 is 0. The van der Waals surface area contributed by atoms with Crippen LogP contribution in [0.15, 0.2) is 49.1 Å². The number of aromatic nitrogens is 2. The molecule has 1 N–H and O–H groups in total. The number of nitrogens with zero attached hydrogens (tertiary/aromatic N) is 2. The molecule has 2 aromatic rings. The molecule has 28 heavy (non-hydrogen) atoms.